The van der Waals surface area contributed by atoms with Crippen LogP contribution in [0.3, 0.4) is 0 Å². The van der Waals surface area contributed by atoms with Gasteiger partial charge in [0.15, 0.2) is 0 Å². The Labute approximate surface area is 98.3 Å². The minimum atomic E-state index is -0.739. The van der Waals surface area contributed by atoms with Gasteiger partial charge in [0, 0.05) is 19.2 Å². The van der Waals surface area contributed by atoms with Gasteiger partial charge in [-0.25, -0.2) is 14.4 Å². The van der Waals surface area contributed by atoms with Gasteiger partial charge < -0.3 is 10.0 Å². The maximum absolute atomic E-state index is 12.5. The van der Waals surface area contributed by atoms with E-state index >= 15 is 0 Å². The molecule has 17 heavy (non-hydrogen) atoms. The van der Waals surface area contributed by atoms with E-state index in [0.29, 0.717) is 37.4 Å². The van der Waals surface area contributed by atoms with Crippen LogP contribution in [0.4, 0.5) is 10.2 Å². The standard InChI is InChI=1S/C11H14FN3O2/c12-6-9-5-10(14-7-13-9)15-3-1-8(2-4-15)11(16)17/h5,7-8H,1-4,6H2,(H,16,17). The molecule has 0 aliphatic carbocycles. The van der Waals surface area contributed by atoms with Gasteiger partial charge in [0.1, 0.15) is 18.8 Å². The molecule has 1 N–H and O–H groups in total. The number of carboxylic acid groups (broad SMARTS) is 1. The largest absolute Gasteiger partial charge is 0.481 e. The van der Waals surface area contributed by atoms with Crippen molar-refractivity contribution in [3.8, 4) is 0 Å². The predicted octanol–water partition coefficient (Wildman–Crippen LogP) is 1.25. The number of halogens is 1. The molecule has 1 fully saturated rings. The zero-order valence-electron chi connectivity index (χ0n) is 9.34. The first-order valence-electron chi connectivity index (χ1n) is 5.55. The normalized spacial score (nSPS) is 17.1. The second kappa shape index (κ2) is 5.07. The molecule has 5 nitrogen and oxygen atoms in total. The van der Waals surface area contributed by atoms with Gasteiger partial charge in [-0.1, -0.05) is 0 Å². The molecular formula is C11H14FN3O2. The summed E-state index contributed by atoms with van der Waals surface area (Å²) in [4.78, 5) is 20.6. The first-order chi connectivity index (χ1) is 8.20. The fourth-order valence-electron chi connectivity index (χ4n) is 1.99. The van der Waals surface area contributed by atoms with Gasteiger partial charge >= 0.3 is 5.97 Å². The molecule has 0 amide bonds. The number of anilines is 1. The second-order valence-electron chi connectivity index (χ2n) is 4.10. The average molecular weight is 239 g/mol. The highest BCUT2D eigenvalue weighted by atomic mass is 19.1. The smallest absolute Gasteiger partial charge is 0.306 e. The van der Waals surface area contributed by atoms with E-state index in [0.717, 1.165) is 0 Å². The summed E-state index contributed by atoms with van der Waals surface area (Å²) in [5, 5.41) is 8.88. The molecular weight excluding hydrogens is 225 g/mol. The number of carbonyl (C=O) groups is 1. The van der Waals surface area contributed by atoms with Crippen LogP contribution < -0.4 is 4.90 Å². The van der Waals surface area contributed by atoms with E-state index in [1.807, 2.05) is 4.90 Å². The van der Waals surface area contributed by atoms with Crippen molar-refractivity contribution in [2.45, 2.75) is 19.5 Å². The highest BCUT2D eigenvalue weighted by Gasteiger charge is 2.25. The van der Waals surface area contributed by atoms with Crippen molar-refractivity contribution in [3.63, 3.8) is 0 Å². The first-order valence-corrected chi connectivity index (χ1v) is 5.55. The molecule has 6 heteroatoms. The van der Waals surface area contributed by atoms with Crippen LogP contribution in [0.2, 0.25) is 0 Å². The zero-order valence-corrected chi connectivity index (χ0v) is 9.34. The number of aliphatic carboxylic acids is 1. The Morgan fingerprint density at radius 2 is 2.18 bits per heavy atom. The van der Waals surface area contributed by atoms with E-state index in [-0.39, 0.29) is 5.92 Å². The Morgan fingerprint density at radius 1 is 1.47 bits per heavy atom. The van der Waals surface area contributed by atoms with Crippen molar-refractivity contribution >= 4 is 11.8 Å². The second-order valence-corrected chi connectivity index (χ2v) is 4.10. The number of alkyl halides is 1. The van der Waals surface area contributed by atoms with Crippen LogP contribution in [0, 0.1) is 5.92 Å². The molecule has 1 saturated heterocycles. The molecule has 1 aromatic heterocycles. The predicted molar refractivity (Wildman–Crippen MR) is 59.4 cm³/mol. The van der Waals surface area contributed by atoms with Crippen LogP contribution >= 0.6 is 0 Å². The van der Waals surface area contributed by atoms with E-state index in [1.54, 1.807) is 6.07 Å². The molecule has 2 heterocycles. The molecule has 0 bridgehead atoms. The third kappa shape index (κ3) is 2.69. The number of hydrogen-bond acceptors (Lipinski definition) is 4. The van der Waals surface area contributed by atoms with Crippen molar-refractivity contribution in [2.75, 3.05) is 18.0 Å². The van der Waals surface area contributed by atoms with Crippen molar-refractivity contribution in [1.82, 2.24) is 9.97 Å². The fourth-order valence-corrected chi connectivity index (χ4v) is 1.99. The van der Waals surface area contributed by atoms with Gasteiger partial charge in [0.25, 0.3) is 0 Å². The molecule has 1 aliphatic rings. The molecule has 0 saturated carbocycles. The lowest BCUT2D eigenvalue weighted by Gasteiger charge is -2.30. The molecule has 0 radical (unpaired) electrons. The van der Waals surface area contributed by atoms with Gasteiger partial charge in [-0.2, -0.15) is 0 Å². The van der Waals surface area contributed by atoms with Crippen LogP contribution in [0.15, 0.2) is 12.4 Å². The van der Waals surface area contributed by atoms with Crippen LogP contribution in [-0.2, 0) is 11.5 Å². The summed E-state index contributed by atoms with van der Waals surface area (Å²) in [7, 11) is 0. The minimum absolute atomic E-state index is 0.270. The number of piperidine rings is 1. The van der Waals surface area contributed by atoms with Gasteiger partial charge in [-0.05, 0) is 12.8 Å². The van der Waals surface area contributed by atoms with Crippen LogP contribution in [0.5, 0.6) is 0 Å². The van der Waals surface area contributed by atoms with Crippen molar-refractivity contribution < 1.29 is 14.3 Å². The Kier molecular flexibility index (Phi) is 3.51. The van der Waals surface area contributed by atoms with Crippen LogP contribution in [0.25, 0.3) is 0 Å². The first kappa shape index (κ1) is 11.8. The van der Waals surface area contributed by atoms with E-state index in [1.165, 1.54) is 6.33 Å². The van der Waals surface area contributed by atoms with Crippen LogP contribution in [0.1, 0.15) is 18.5 Å². The third-order valence-corrected chi connectivity index (χ3v) is 3.01. The lowest BCUT2D eigenvalue weighted by Crippen LogP contribution is -2.36. The number of hydrogen-bond donors (Lipinski definition) is 1. The average Bonchev–Trinajstić information content (AvgIpc) is 2.39. The Morgan fingerprint density at radius 3 is 2.76 bits per heavy atom. The molecule has 0 atom stereocenters. The molecule has 92 valence electrons. The topological polar surface area (TPSA) is 66.3 Å². The van der Waals surface area contributed by atoms with E-state index in [4.69, 9.17) is 5.11 Å². The highest BCUT2D eigenvalue weighted by Crippen LogP contribution is 2.22. The Bertz CT molecular complexity index is 405. The van der Waals surface area contributed by atoms with E-state index < -0.39 is 12.6 Å². The lowest BCUT2D eigenvalue weighted by atomic mass is 9.97. The molecule has 2 rings (SSSR count). The van der Waals surface area contributed by atoms with Gasteiger partial charge in [0.2, 0.25) is 0 Å². The van der Waals surface area contributed by atoms with Gasteiger partial charge in [0.05, 0.1) is 11.6 Å². The summed E-state index contributed by atoms with van der Waals surface area (Å²) >= 11 is 0. The maximum atomic E-state index is 12.5. The number of nitrogens with zero attached hydrogens (tertiary/aromatic N) is 3. The third-order valence-electron chi connectivity index (χ3n) is 3.01. The van der Waals surface area contributed by atoms with E-state index in [9.17, 15) is 9.18 Å². The Balaban J connectivity index is 2.02. The quantitative estimate of drug-likeness (QED) is 0.859. The van der Waals surface area contributed by atoms with E-state index in [2.05, 4.69) is 9.97 Å². The van der Waals surface area contributed by atoms with Crippen LogP contribution in [-0.4, -0.2) is 34.1 Å². The van der Waals surface area contributed by atoms with Gasteiger partial charge in [-0.15, -0.1) is 0 Å². The minimum Gasteiger partial charge on any atom is -0.481 e. The highest BCUT2D eigenvalue weighted by molar-refractivity contribution is 5.70. The summed E-state index contributed by atoms with van der Waals surface area (Å²) in [6.45, 7) is 0.667. The fraction of sp³-hybridized carbons (Fsp3) is 0.545. The number of rotatable bonds is 3. The summed E-state index contributed by atoms with van der Waals surface area (Å²) < 4.78 is 12.5. The maximum Gasteiger partial charge on any atom is 0.306 e. The molecule has 0 unspecified atom stereocenters. The summed E-state index contributed by atoms with van der Waals surface area (Å²) in [6.07, 6.45) is 2.54. The van der Waals surface area contributed by atoms with Crippen molar-refractivity contribution in [3.05, 3.63) is 18.1 Å². The molecule has 1 aliphatic heterocycles. The summed E-state index contributed by atoms with van der Waals surface area (Å²) in [5.41, 5.74) is 0.357. The molecule has 0 aromatic carbocycles. The van der Waals surface area contributed by atoms with Gasteiger partial charge in [-0.3, -0.25) is 4.79 Å². The molecule has 0 spiro atoms. The molecule has 1 aromatic rings. The monoisotopic (exact) mass is 239 g/mol. The SMILES string of the molecule is O=C(O)C1CCN(c2cc(CF)ncn2)CC1. The number of carboxylic acids is 1. The lowest BCUT2D eigenvalue weighted by molar-refractivity contribution is -0.142. The summed E-state index contributed by atoms with van der Waals surface area (Å²) in [5.74, 6) is -0.331. The number of aromatic nitrogens is 2. The summed E-state index contributed by atoms with van der Waals surface area (Å²) in [6, 6.07) is 1.61. The van der Waals surface area contributed by atoms with Crippen molar-refractivity contribution in [1.29, 1.82) is 0 Å². The van der Waals surface area contributed by atoms with Crippen molar-refractivity contribution in [2.24, 2.45) is 5.92 Å². The zero-order chi connectivity index (χ0) is 12.3. The Hall–Kier alpha value is -1.72.